The van der Waals surface area contributed by atoms with E-state index in [1.54, 1.807) is 0 Å². The number of carbonyl (C=O) groups is 1. The molecule has 0 unspecified atom stereocenters. The van der Waals surface area contributed by atoms with Crippen LogP contribution >= 0.6 is 15.9 Å². The summed E-state index contributed by atoms with van der Waals surface area (Å²) in [5, 5.41) is 2.89. The molecule has 0 saturated heterocycles. The highest BCUT2D eigenvalue weighted by molar-refractivity contribution is 9.10. The first kappa shape index (κ1) is 12.8. The zero-order valence-corrected chi connectivity index (χ0v) is 12.8. The van der Waals surface area contributed by atoms with Crippen molar-refractivity contribution in [2.24, 2.45) is 0 Å². The average molecular weight is 345 g/mol. The molecule has 0 atom stereocenters. The van der Waals surface area contributed by atoms with Gasteiger partial charge in [-0.3, -0.25) is 4.79 Å². The highest BCUT2D eigenvalue weighted by Gasteiger charge is 2.29. The predicted octanol–water partition coefficient (Wildman–Crippen LogP) is 3.21. The van der Waals surface area contributed by atoms with Crippen LogP contribution in [0.15, 0.2) is 34.9 Å². The summed E-state index contributed by atoms with van der Waals surface area (Å²) in [7, 11) is 0. The summed E-state index contributed by atoms with van der Waals surface area (Å²) in [4.78, 5) is 23.0. The Hall–Kier alpha value is -1.95. The molecule has 1 saturated carbocycles. The first-order valence-electron chi connectivity index (χ1n) is 6.91. The molecule has 4 rings (SSSR count). The van der Waals surface area contributed by atoms with Crippen molar-refractivity contribution in [3.05, 3.63) is 40.8 Å². The number of fused-ring (bicyclic) bond motifs is 1. The van der Waals surface area contributed by atoms with Gasteiger partial charge in [0.25, 0.3) is 0 Å². The minimum absolute atomic E-state index is 0.0311. The van der Waals surface area contributed by atoms with Gasteiger partial charge in [-0.25, -0.2) is 9.97 Å². The number of aromatic nitrogens is 2. The quantitative estimate of drug-likeness (QED) is 0.850. The van der Waals surface area contributed by atoms with Gasteiger partial charge in [-0.15, -0.1) is 0 Å². The summed E-state index contributed by atoms with van der Waals surface area (Å²) >= 11 is 3.45. The van der Waals surface area contributed by atoms with Gasteiger partial charge in [0.1, 0.15) is 22.8 Å². The summed E-state index contributed by atoms with van der Waals surface area (Å²) in [6.07, 6.45) is 2.29. The van der Waals surface area contributed by atoms with Gasteiger partial charge >= 0.3 is 0 Å². The topological polar surface area (TPSA) is 58.1 Å². The third kappa shape index (κ3) is 2.40. The second-order valence-corrected chi connectivity index (χ2v) is 6.15. The molecule has 2 aromatic rings. The summed E-state index contributed by atoms with van der Waals surface area (Å²) in [5.41, 5.74) is 1.78. The van der Waals surface area contributed by atoms with Crippen molar-refractivity contribution < 1.29 is 4.79 Å². The van der Waals surface area contributed by atoms with Gasteiger partial charge in [0.15, 0.2) is 0 Å². The molecule has 1 aromatic carbocycles. The average Bonchev–Trinajstić information content (AvgIpc) is 3.30. The number of anilines is 3. The molecular formula is C15H13BrN4O. The minimum Gasteiger partial charge on any atom is -0.323 e. The van der Waals surface area contributed by atoms with Gasteiger partial charge in [-0.1, -0.05) is 12.1 Å². The molecular weight excluding hydrogens is 332 g/mol. The van der Waals surface area contributed by atoms with Crippen LogP contribution in [0.3, 0.4) is 0 Å². The number of hydrogen-bond acceptors (Lipinski definition) is 4. The molecule has 1 amide bonds. The van der Waals surface area contributed by atoms with E-state index in [1.807, 2.05) is 35.2 Å². The lowest BCUT2D eigenvalue weighted by molar-refractivity contribution is -0.115. The lowest BCUT2D eigenvalue weighted by Crippen LogP contribution is -2.35. The zero-order chi connectivity index (χ0) is 14.4. The molecule has 0 spiro atoms. The van der Waals surface area contributed by atoms with Crippen LogP contribution < -0.4 is 10.2 Å². The predicted molar refractivity (Wildman–Crippen MR) is 83.8 cm³/mol. The summed E-state index contributed by atoms with van der Waals surface area (Å²) in [6.45, 7) is 0.268. The molecule has 1 N–H and O–H groups in total. The molecule has 106 valence electrons. The largest absolute Gasteiger partial charge is 0.323 e. The molecule has 0 radical (unpaired) electrons. The summed E-state index contributed by atoms with van der Waals surface area (Å²) in [6, 6.07) is 9.62. The molecule has 21 heavy (non-hydrogen) atoms. The third-order valence-electron chi connectivity index (χ3n) is 3.69. The molecule has 1 aliphatic heterocycles. The van der Waals surface area contributed by atoms with E-state index < -0.39 is 0 Å². The number of halogens is 1. The number of rotatable bonds is 2. The fourth-order valence-electron chi connectivity index (χ4n) is 2.52. The first-order valence-corrected chi connectivity index (χ1v) is 7.71. The Kier molecular flexibility index (Phi) is 2.92. The number of nitrogens with zero attached hydrogens (tertiary/aromatic N) is 3. The van der Waals surface area contributed by atoms with Crippen molar-refractivity contribution in [1.82, 2.24) is 9.97 Å². The SMILES string of the molecule is O=C1CN(c2cc(Br)nc(C3CC3)n2)c2ccccc2N1. The van der Waals surface area contributed by atoms with Crippen molar-refractivity contribution in [2.75, 3.05) is 16.8 Å². The molecule has 1 fully saturated rings. The van der Waals surface area contributed by atoms with Crippen molar-refractivity contribution in [3.8, 4) is 0 Å². The van der Waals surface area contributed by atoms with Crippen molar-refractivity contribution in [3.63, 3.8) is 0 Å². The van der Waals surface area contributed by atoms with E-state index >= 15 is 0 Å². The van der Waals surface area contributed by atoms with E-state index in [2.05, 4.69) is 31.2 Å². The fourth-order valence-corrected chi connectivity index (χ4v) is 2.91. The molecule has 0 bridgehead atoms. The van der Waals surface area contributed by atoms with Crippen LogP contribution in [0.1, 0.15) is 24.6 Å². The molecule has 2 aliphatic rings. The minimum atomic E-state index is -0.0311. The van der Waals surface area contributed by atoms with Crippen molar-refractivity contribution >= 4 is 39.0 Å². The van der Waals surface area contributed by atoms with Gasteiger partial charge in [0.05, 0.1) is 11.4 Å². The Bertz CT molecular complexity index is 729. The van der Waals surface area contributed by atoms with E-state index in [9.17, 15) is 4.79 Å². The third-order valence-corrected chi connectivity index (χ3v) is 4.09. The number of hydrogen-bond donors (Lipinski definition) is 1. The van der Waals surface area contributed by atoms with Crippen LogP contribution in [0.2, 0.25) is 0 Å². The van der Waals surface area contributed by atoms with Crippen LogP contribution in [0.4, 0.5) is 17.2 Å². The molecule has 1 aliphatic carbocycles. The zero-order valence-electron chi connectivity index (χ0n) is 11.2. The van der Waals surface area contributed by atoms with E-state index in [4.69, 9.17) is 0 Å². The van der Waals surface area contributed by atoms with Crippen LogP contribution in [-0.2, 0) is 4.79 Å². The number of para-hydroxylation sites is 2. The lowest BCUT2D eigenvalue weighted by atomic mass is 10.2. The van der Waals surface area contributed by atoms with Crippen LogP contribution in [0, 0.1) is 0 Å². The number of benzene rings is 1. The standard InChI is InChI=1S/C15H13BrN4O/c16-12-7-13(19-15(18-12)9-5-6-9)20-8-14(21)17-10-3-1-2-4-11(10)20/h1-4,7,9H,5-6,8H2,(H,17,21). The highest BCUT2D eigenvalue weighted by atomic mass is 79.9. The molecule has 5 nitrogen and oxygen atoms in total. The summed E-state index contributed by atoms with van der Waals surface area (Å²) in [5.74, 6) is 2.07. The van der Waals surface area contributed by atoms with Crippen LogP contribution in [0.5, 0.6) is 0 Å². The Morgan fingerprint density at radius 1 is 1.24 bits per heavy atom. The second-order valence-electron chi connectivity index (χ2n) is 5.33. The Labute approximate surface area is 130 Å². The second kappa shape index (κ2) is 4.80. The molecule has 2 heterocycles. The maximum atomic E-state index is 11.9. The van der Waals surface area contributed by atoms with Gasteiger partial charge in [0.2, 0.25) is 5.91 Å². The monoisotopic (exact) mass is 344 g/mol. The molecule has 1 aromatic heterocycles. The Morgan fingerprint density at radius 3 is 2.86 bits per heavy atom. The van der Waals surface area contributed by atoms with E-state index in [0.717, 1.165) is 40.5 Å². The van der Waals surface area contributed by atoms with Gasteiger partial charge in [0, 0.05) is 12.0 Å². The van der Waals surface area contributed by atoms with Crippen LogP contribution in [-0.4, -0.2) is 22.4 Å². The van der Waals surface area contributed by atoms with Crippen LogP contribution in [0.25, 0.3) is 0 Å². The van der Waals surface area contributed by atoms with E-state index in [-0.39, 0.29) is 12.5 Å². The lowest BCUT2D eigenvalue weighted by Gasteiger charge is -2.30. The normalized spacial score (nSPS) is 17.4. The Balaban J connectivity index is 1.81. The first-order chi connectivity index (χ1) is 10.2. The number of nitrogens with one attached hydrogen (secondary N) is 1. The fraction of sp³-hybridized carbons (Fsp3) is 0.267. The van der Waals surface area contributed by atoms with Gasteiger partial charge < -0.3 is 10.2 Å². The van der Waals surface area contributed by atoms with Gasteiger partial charge in [-0.2, -0.15) is 0 Å². The van der Waals surface area contributed by atoms with Crippen molar-refractivity contribution in [1.29, 1.82) is 0 Å². The maximum absolute atomic E-state index is 11.9. The maximum Gasteiger partial charge on any atom is 0.244 e. The van der Waals surface area contributed by atoms with Gasteiger partial charge in [-0.05, 0) is 40.9 Å². The highest BCUT2D eigenvalue weighted by Crippen LogP contribution is 2.40. The van der Waals surface area contributed by atoms with E-state index in [0.29, 0.717) is 5.92 Å². The number of amides is 1. The number of carbonyl (C=O) groups excluding carboxylic acids is 1. The van der Waals surface area contributed by atoms with Crippen molar-refractivity contribution in [2.45, 2.75) is 18.8 Å². The molecule has 6 heteroatoms. The smallest absolute Gasteiger partial charge is 0.244 e. The van der Waals surface area contributed by atoms with E-state index in [1.165, 1.54) is 0 Å². The Morgan fingerprint density at radius 2 is 2.05 bits per heavy atom. The summed E-state index contributed by atoms with van der Waals surface area (Å²) < 4.78 is 0.762.